The van der Waals surface area contributed by atoms with Crippen LogP contribution in [0.5, 0.6) is 11.5 Å². The average molecular weight is 470 g/mol. The zero-order valence-corrected chi connectivity index (χ0v) is 19.8. The van der Waals surface area contributed by atoms with E-state index >= 15 is 0 Å². The van der Waals surface area contributed by atoms with E-state index in [2.05, 4.69) is 0 Å². The van der Waals surface area contributed by atoms with Gasteiger partial charge in [0.1, 0.15) is 17.3 Å². The number of anilines is 1. The molecule has 2 heterocycles. The highest BCUT2D eigenvalue weighted by atomic mass is 16.5. The van der Waals surface area contributed by atoms with Crippen molar-refractivity contribution >= 4 is 23.1 Å². The van der Waals surface area contributed by atoms with Crippen LogP contribution >= 0.6 is 0 Å². The molecular weight excluding hydrogens is 442 g/mol. The van der Waals surface area contributed by atoms with Gasteiger partial charge in [-0.3, -0.25) is 14.5 Å². The van der Waals surface area contributed by atoms with Crippen LogP contribution in [-0.4, -0.2) is 30.0 Å². The van der Waals surface area contributed by atoms with Crippen molar-refractivity contribution in [2.75, 3.05) is 18.1 Å². The summed E-state index contributed by atoms with van der Waals surface area (Å²) in [5.74, 6) is -0.203. The lowest BCUT2D eigenvalue weighted by atomic mass is 9.93. The zero-order chi connectivity index (χ0) is 24.5. The van der Waals surface area contributed by atoms with Gasteiger partial charge < -0.3 is 14.6 Å². The number of amides is 1. The molecule has 178 valence electrons. The first-order valence-corrected chi connectivity index (χ1v) is 11.8. The number of rotatable bonds is 5. The first kappa shape index (κ1) is 22.7. The maximum absolute atomic E-state index is 13.4. The number of carbonyl (C=O) groups excluding carboxylic acids is 2. The summed E-state index contributed by atoms with van der Waals surface area (Å²) in [5, 5.41) is 11.4. The summed E-state index contributed by atoms with van der Waals surface area (Å²) >= 11 is 0. The van der Waals surface area contributed by atoms with E-state index in [-0.39, 0.29) is 11.3 Å². The molecule has 0 aliphatic carbocycles. The van der Waals surface area contributed by atoms with Gasteiger partial charge in [0.05, 0.1) is 24.8 Å². The van der Waals surface area contributed by atoms with Crippen LogP contribution in [0.3, 0.4) is 0 Å². The molecule has 0 saturated carbocycles. The molecule has 6 heteroatoms. The molecule has 1 amide bonds. The van der Waals surface area contributed by atoms with Crippen molar-refractivity contribution in [2.45, 2.75) is 32.7 Å². The Morgan fingerprint density at radius 1 is 1.09 bits per heavy atom. The highest BCUT2D eigenvalue weighted by Crippen LogP contribution is 2.43. The minimum atomic E-state index is -0.779. The molecule has 5 rings (SSSR count). The second kappa shape index (κ2) is 9.29. The molecule has 0 bridgehead atoms. The number of aliphatic hydroxyl groups is 1. The Labute approximate surface area is 204 Å². The SMILES string of the molecule is CCOc1cccc(N2C(=O)C(=O)/C(=C(\O)c3ccc4c(c3)CCCO4)C2c2cccc(C)c2)c1. The third-order valence-corrected chi connectivity index (χ3v) is 6.39. The number of aliphatic hydroxyl groups excluding tert-OH is 1. The number of nitrogens with zero attached hydrogens (tertiary/aromatic N) is 1. The smallest absolute Gasteiger partial charge is 0.300 e. The fraction of sp³-hybridized carbons (Fsp3) is 0.241. The van der Waals surface area contributed by atoms with E-state index in [1.807, 2.05) is 50.2 Å². The van der Waals surface area contributed by atoms with Crippen molar-refractivity contribution in [3.63, 3.8) is 0 Å². The van der Waals surface area contributed by atoms with Crippen LogP contribution in [0.4, 0.5) is 5.69 Å². The van der Waals surface area contributed by atoms with Crippen molar-refractivity contribution in [3.8, 4) is 11.5 Å². The summed E-state index contributed by atoms with van der Waals surface area (Å²) in [6, 6.07) is 19.4. The van der Waals surface area contributed by atoms with Crippen LogP contribution in [0.1, 0.15) is 41.6 Å². The van der Waals surface area contributed by atoms with E-state index in [1.54, 1.807) is 30.3 Å². The number of hydrogen-bond donors (Lipinski definition) is 1. The monoisotopic (exact) mass is 469 g/mol. The Morgan fingerprint density at radius 2 is 1.91 bits per heavy atom. The molecule has 1 unspecified atom stereocenters. The largest absolute Gasteiger partial charge is 0.507 e. The lowest BCUT2D eigenvalue weighted by Crippen LogP contribution is -2.29. The van der Waals surface area contributed by atoms with Gasteiger partial charge in [0.25, 0.3) is 11.7 Å². The summed E-state index contributed by atoms with van der Waals surface area (Å²) in [5.41, 5.74) is 3.80. The molecule has 2 aliphatic heterocycles. The van der Waals surface area contributed by atoms with Crippen molar-refractivity contribution in [1.29, 1.82) is 0 Å². The number of hydrogen-bond acceptors (Lipinski definition) is 5. The lowest BCUT2D eigenvalue weighted by Gasteiger charge is -2.26. The average Bonchev–Trinajstić information content (AvgIpc) is 3.14. The molecule has 6 nitrogen and oxygen atoms in total. The van der Waals surface area contributed by atoms with Gasteiger partial charge >= 0.3 is 0 Å². The second-order valence-electron chi connectivity index (χ2n) is 8.79. The number of carbonyl (C=O) groups is 2. The van der Waals surface area contributed by atoms with Crippen LogP contribution in [0.15, 0.2) is 72.3 Å². The van der Waals surface area contributed by atoms with Crippen LogP contribution in [-0.2, 0) is 16.0 Å². The van der Waals surface area contributed by atoms with Gasteiger partial charge in [-0.2, -0.15) is 0 Å². The predicted octanol–water partition coefficient (Wildman–Crippen LogP) is 5.35. The Balaban J connectivity index is 1.68. The molecule has 35 heavy (non-hydrogen) atoms. The second-order valence-corrected chi connectivity index (χ2v) is 8.79. The van der Waals surface area contributed by atoms with Gasteiger partial charge in [0.2, 0.25) is 0 Å². The van der Waals surface area contributed by atoms with Gasteiger partial charge in [-0.05, 0) is 68.1 Å². The van der Waals surface area contributed by atoms with Crippen LogP contribution in [0, 0.1) is 6.92 Å². The van der Waals surface area contributed by atoms with Gasteiger partial charge in [-0.25, -0.2) is 0 Å². The maximum atomic E-state index is 13.4. The molecule has 0 aromatic heterocycles. The molecule has 1 saturated heterocycles. The Kier molecular flexibility index (Phi) is 6.03. The topological polar surface area (TPSA) is 76.1 Å². The minimum absolute atomic E-state index is 0.0686. The van der Waals surface area contributed by atoms with E-state index in [9.17, 15) is 14.7 Å². The van der Waals surface area contributed by atoms with Crippen LogP contribution in [0.25, 0.3) is 5.76 Å². The molecule has 1 atom stereocenters. The number of ketones is 1. The standard InChI is InChI=1S/C29H27NO5/c1-3-34-23-11-5-10-22(17-23)30-26(20-8-4-7-18(2)15-20)25(28(32)29(30)33)27(31)21-12-13-24-19(16-21)9-6-14-35-24/h4-5,7-8,10-13,15-17,26,31H,3,6,9,14H2,1-2H3/b27-25-. The van der Waals surface area contributed by atoms with E-state index in [4.69, 9.17) is 9.47 Å². The van der Waals surface area contributed by atoms with E-state index in [0.29, 0.717) is 30.2 Å². The molecule has 1 N–H and O–H groups in total. The summed E-state index contributed by atoms with van der Waals surface area (Å²) in [6.07, 6.45) is 1.72. The lowest BCUT2D eigenvalue weighted by molar-refractivity contribution is -0.132. The number of ether oxygens (including phenoxy) is 2. The van der Waals surface area contributed by atoms with Crippen molar-refractivity contribution < 1.29 is 24.2 Å². The fourth-order valence-corrected chi connectivity index (χ4v) is 4.81. The van der Waals surface area contributed by atoms with Crippen molar-refractivity contribution in [3.05, 3.63) is 94.6 Å². The highest BCUT2D eigenvalue weighted by molar-refractivity contribution is 6.51. The third-order valence-electron chi connectivity index (χ3n) is 6.39. The Hall–Kier alpha value is -4.06. The summed E-state index contributed by atoms with van der Waals surface area (Å²) in [4.78, 5) is 28.3. The molecule has 3 aromatic carbocycles. The number of Topliss-reactive ketones (excluding diaryl/α,β-unsaturated/α-hetero) is 1. The molecule has 3 aromatic rings. The maximum Gasteiger partial charge on any atom is 0.300 e. The fourth-order valence-electron chi connectivity index (χ4n) is 4.81. The Bertz CT molecular complexity index is 1340. The van der Waals surface area contributed by atoms with Crippen LogP contribution in [0.2, 0.25) is 0 Å². The molecule has 0 spiro atoms. The van der Waals surface area contributed by atoms with E-state index in [1.165, 1.54) is 4.90 Å². The summed E-state index contributed by atoms with van der Waals surface area (Å²) in [6.45, 7) is 4.98. The van der Waals surface area contributed by atoms with E-state index < -0.39 is 17.7 Å². The number of fused-ring (bicyclic) bond motifs is 1. The third kappa shape index (κ3) is 4.16. The quantitative estimate of drug-likeness (QED) is 0.310. The summed E-state index contributed by atoms with van der Waals surface area (Å²) < 4.78 is 11.3. The van der Waals surface area contributed by atoms with Crippen molar-refractivity contribution in [1.82, 2.24) is 0 Å². The van der Waals surface area contributed by atoms with Gasteiger partial charge in [0, 0.05) is 17.3 Å². The Morgan fingerprint density at radius 3 is 2.71 bits per heavy atom. The summed E-state index contributed by atoms with van der Waals surface area (Å²) in [7, 11) is 0. The predicted molar refractivity (Wildman–Crippen MR) is 134 cm³/mol. The molecular formula is C29H27NO5. The highest BCUT2D eigenvalue weighted by Gasteiger charge is 2.47. The number of aryl methyl sites for hydroxylation is 2. The molecule has 0 radical (unpaired) electrons. The van der Waals surface area contributed by atoms with Gasteiger partial charge in [0.15, 0.2) is 0 Å². The minimum Gasteiger partial charge on any atom is -0.507 e. The number of benzene rings is 3. The molecule has 1 fully saturated rings. The normalized spacial score (nSPS) is 18.8. The molecule has 2 aliphatic rings. The zero-order valence-electron chi connectivity index (χ0n) is 19.8. The van der Waals surface area contributed by atoms with Gasteiger partial charge in [-0.1, -0.05) is 35.9 Å². The van der Waals surface area contributed by atoms with E-state index in [0.717, 1.165) is 35.3 Å². The van der Waals surface area contributed by atoms with Gasteiger partial charge in [-0.15, -0.1) is 0 Å². The van der Waals surface area contributed by atoms with Crippen molar-refractivity contribution in [2.24, 2.45) is 0 Å². The first-order valence-electron chi connectivity index (χ1n) is 11.8. The van der Waals surface area contributed by atoms with Crippen LogP contribution < -0.4 is 14.4 Å². The first-order chi connectivity index (χ1) is 17.0.